The summed E-state index contributed by atoms with van der Waals surface area (Å²) >= 11 is 0. The second-order valence-electron chi connectivity index (χ2n) is 9.18. The zero-order valence-corrected chi connectivity index (χ0v) is 18.9. The molecule has 2 aliphatic heterocycles. The van der Waals surface area contributed by atoms with Crippen LogP contribution in [0, 0.1) is 0 Å². The van der Waals surface area contributed by atoms with E-state index in [2.05, 4.69) is 53.0 Å². The number of pyridine rings is 1. The number of benzene rings is 1. The highest BCUT2D eigenvalue weighted by Crippen LogP contribution is 2.40. The molecule has 168 valence electrons. The second-order valence-corrected chi connectivity index (χ2v) is 9.18. The molecule has 0 saturated carbocycles. The highest BCUT2D eigenvalue weighted by Gasteiger charge is 2.27. The zero-order chi connectivity index (χ0) is 22.3. The number of aromatic nitrogens is 3. The Bertz CT molecular complexity index is 1220. The minimum Gasteiger partial charge on any atom is -0.490 e. The Kier molecular flexibility index (Phi) is 5.29. The molecule has 0 unspecified atom stereocenters. The number of fused-ring (bicyclic) bond motifs is 2. The van der Waals surface area contributed by atoms with E-state index in [1.54, 1.807) is 6.33 Å². The smallest absolute Gasteiger partial charge is 0.278 e. The molecule has 3 aromatic rings. The first-order valence-electron chi connectivity index (χ1n) is 11.4. The molecule has 2 aliphatic rings. The lowest BCUT2D eigenvalue weighted by Crippen LogP contribution is -2.37. The summed E-state index contributed by atoms with van der Waals surface area (Å²) in [6, 6.07) is 6.46. The van der Waals surface area contributed by atoms with Gasteiger partial charge >= 0.3 is 0 Å². The van der Waals surface area contributed by atoms with Crippen molar-refractivity contribution in [3.8, 4) is 11.5 Å². The third-order valence-electron chi connectivity index (χ3n) is 6.34. The molecule has 1 aromatic carbocycles. The molecule has 0 aliphatic carbocycles. The topological polar surface area (TPSA) is 72.4 Å². The fraction of sp³-hybridized carbons (Fsp3) is 0.440. The number of piperidine rings is 1. The van der Waals surface area contributed by atoms with Gasteiger partial charge in [-0.15, -0.1) is 0 Å². The molecule has 32 heavy (non-hydrogen) atoms. The van der Waals surface area contributed by atoms with E-state index in [1.165, 1.54) is 5.56 Å². The van der Waals surface area contributed by atoms with Crippen LogP contribution in [-0.4, -0.2) is 44.7 Å². The van der Waals surface area contributed by atoms with Crippen molar-refractivity contribution in [2.45, 2.75) is 51.8 Å². The molecule has 0 bridgehead atoms. The first kappa shape index (κ1) is 20.8. The maximum Gasteiger partial charge on any atom is 0.278 e. The summed E-state index contributed by atoms with van der Waals surface area (Å²) < 4.78 is 14.0. The summed E-state index contributed by atoms with van der Waals surface area (Å²) in [5.74, 6) is 1.64. The number of H-pyrrole nitrogens is 1. The summed E-state index contributed by atoms with van der Waals surface area (Å²) in [7, 11) is 0. The van der Waals surface area contributed by atoms with Gasteiger partial charge in [-0.2, -0.15) is 0 Å². The van der Waals surface area contributed by atoms with Crippen LogP contribution in [0.5, 0.6) is 11.5 Å². The molecule has 1 N–H and O–H groups in total. The molecule has 0 radical (unpaired) electrons. The molecule has 0 spiro atoms. The van der Waals surface area contributed by atoms with Gasteiger partial charge in [0.25, 0.3) is 5.56 Å². The molecule has 1 fully saturated rings. The highest BCUT2D eigenvalue weighted by atomic mass is 16.5. The predicted molar refractivity (Wildman–Crippen MR) is 125 cm³/mol. The van der Waals surface area contributed by atoms with Gasteiger partial charge in [0, 0.05) is 37.4 Å². The minimum absolute atomic E-state index is 0.00652. The molecule has 0 atom stereocenters. The molecule has 1 saturated heterocycles. The fourth-order valence-electron chi connectivity index (χ4n) is 4.71. The van der Waals surface area contributed by atoms with Crippen molar-refractivity contribution in [2.24, 2.45) is 0 Å². The van der Waals surface area contributed by atoms with Gasteiger partial charge in [0.1, 0.15) is 5.60 Å². The van der Waals surface area contributed by atoms with E-state index in [-0.39, 0.29) is 17.2 Å². The number of likely N-dealkylation sites (tertiary alicyclic amines) is 1. The number of aromatic amines is 1. The van der Waals surface area contributed by atoms with Gasteiger partial charge in [0.2, 0.25) is 0 Å². The highest BCUT2D eigenvalue weighted by molar-refractivity contribution is 5.72. The van der Waals surface area contributed by atoms with Gasteiger partial charge in [-0.1, -0.05) is 6.08 Å². The second kappa shape index (κ2) is 8.13. The molecule has 7 heteroatoms. The third kappa shape index (κ3) is 3.93. The van der Waals surface area contributed by atoms with Crippen molar-refractivity contribution in [3.05, 3.63) is 58.3 Å². The molecular weight excluding hydrogens is 404 g/mol. The first-order chi connectivity index (χ1) is 15.4. The lowest BCUT2D eigenvalue weighted by molar-refractivity contribution is 0.149. The van der Waals surface area contributed by atoms with Crippen LogP contribution in [0.15, 0.2) is 41.6 Å². The Hall–Kier alpha value is -3.06. The van der Waals surface area contributed by atoms with Gasteiger partial charge in [0.15, 0.2) is 17.0 Å². The van der Waals surface area contributed by atoms with Crippen molar-refractivity contribution in [1.82, 2.24) is 19.4 Å². The third-order valence-corrected chi connectivity index (χ3v) is 6.34. The van der Waals surface area contributed by atoms with Crippen molar-refractivity contribution < 1.29 is 9.47 Å². The van der Waals surface area contributed by atoms with E-state index in [0.29, 0.717) is 12.1 Å². The van der Waals surface area contributed by atoms with Crippen molar-refractivity contribution >= 4 is 17.1 Å². The fourth-order valence-corrected chi connectivity index (χ4v) is 4.71. The number of ether oxygens (including phenoxy) is 2. The number of hydrogen-bond donors (Lipinski definition) is 1. The largest absolute Gasteiger partial charge is 0.490 e. The van der Waals surface area contributed by atoms with Crippen molar-refractivity contribution in [1.29, 1.82) is 0 Å². The van der Waals surface area contributed by atoms with Gasteiger partial charge in [0.05, 0.1) is 18.5 Å². The molecule has 4 heterocycles. The van der Waals surface area contributed by atoms with E-state index >= 15 is 0 Å². The van der Waals surface area contributed by atoms with E-state index in [4.69, 9.17) is 9.47 Å². The Labute approximate surface area is 187 Å². The summed E-state index contributed by atoms with van der Waals surface area (Å²) in [6.45, 7) is 9.43. The quantitative estimate of drug-likeness (QED) is 0.653. The molecule has 2 aromatic heterocycles. The Balaban J connectivity index is 1.30. The number of hydrogen-bond acceptors (Lipinski definition) is 5. The van der Waals surface area contributed by atoms with Crippen LogP contribution in [-0.2, 0) is 6.54 Å². The van der Waals surface area contributed by atoms with Gasteiger partial charge in [-0.25, -0.2) is 4.98 Å². The van der Waals surface area contributed by atoms with Crippen molar-refractivity contribution in [3.63, 3.8) is 0 Å². The van der Waals surface area contributed by atoms with Gasteiger partial charge in [-0.3, -0.25) is 9.69 Å². The zero-order valence-electron chi connectivity index (χ0n) is 18.9. The van der Waals surface area contributed by atoms with Crippen LogP contribution in [0.3, 0.4) is 0 Å². The maximum atomic E-state index is 12.8. The van der Waals surface area contributed by atoms with E-state index in [1.807, 2.05) is 23.8 Å². The van der Waals surface area contributed by atoms with Crippen LogP contribution in [0.1, 0.15) is 50.8 Å². The predicted octanol–water partition coefficient (Wildman–Crippen LogP) is 4.14. The Morgan fingerprint density at radius 2 is 2.09 bits per heavy atom. The van der Waals surface area contributed by atoms with E-state index in [9.17, 15) is 4.79 Å². The average molecular weight is 435 g/mol. The molecule has 5 rings (SSSR count). The number of imidazole rings is 1. The summed E-state index contributed by atoms with van der Waals surface area (Å²) in [4.78, 5) is 22.4. The monoisotopic (exact) mass is 434 g/mol. The molecule has 0 amide bonds. The van der Waals surface area contributed by atoms with Crippen LogP contribution in [0.4, 0.5) is 0 Å². The average Bonchev–Trinajstić information content (AvgIpc) is 3.25. The van der Waals surface area contributed by atoms with Crippen LogP contribution in [0.25, 0.3) is 17.1 Å². The lowest BCUT2D eigenvalue weighted by atomic mass is 9.99. The summed E-state index contributed by atoms with van der Waals surface area (Å²) in [6.07, 6.45) is 9.58. The van der Waals surface area contributed by atoms with E-state index in [0.717, 1.165) is 55.1 Å². The first-order valence-corrected chi connectivity index (χ1v) is 11.4. The summed E-state index contributed by atoms with van der Waals surface area (Å²) in [5.41, 5.74) is 3.26. The Morgan fingerprint density at radius 3 is 2.88 bits per heavy atom. The molecular formula is C25H30N4O3. The normalized spacial score (nSPS) is 18.5. The Morgan fingerprint density at radius 1 is 1.28 bits per heavy atom. The van der Waals surface area contributed by atoms with E-state index < -0.39 is 0 Å². The standard InChI is InChI=1S/C25H30N4O3/c1-4-31-21-14-17(13-18-5-9-25(2,3)32-23(18)21)15-28-10-6-19(7-11-28)29-12-8-20-22(24(29)30)27-16-26-20/h5,8-9,12-14,16,19H,4,6-7,10-11,15H2,1-3H3,(H,26,27). The summed E-state index contributed by atoms with van der Waals surface area (Å²) in [5, 5.41) is 0. The number of nitrogens with zero attached hydrogens (tertiary/aromatic N) is 3. The molecule has 7 nitrogen and oxygen atoms in total. The van der Waals surface area contributed by atoms with Crippen molar-refractivity contribution in [2.75, 3.05) is 19.7 Å². The lowest BCUT2D eigenvalue weighted by Gasteiger charge is -2.33. The van der Waals surface area contributed by atoms with Gasteiger partial charge in [-0.05, 0) is 63.5 Å². The number of nitrogens with one attached hydrogen (secondary N) is 1. The van der Waals surface area contributed by atoms with Crippen LogP contribution < -0.4 is 15.0 Å². The number of rotatable bonds is 5. The van der Waals surface area contributed by atoms with Crippen LogP contribution >= 0.6 is 0 Å². The maximum absolute atomic E-state index is 12.8. The SMILES string of the molecule is CCOc1cc(CN2CCC(n3ccc4[nH]cnc4c3=O)CC2)cc2c1OC(C)(C)C=C2. The minimum atomic E-state index is -0.334. The van der Waals surface area contributed by atoms with Gasteiger partial charge < -0.3 is 19.0 Å². The van der Waals surface area contributed by atoms with Crippen LogP contribution in [0.2, 0.25) is 0 Å².